The summed E-state index contributed by atoms with van der Waals surface area (Å²) in [4.78, 5) is 8.77. The van der Waals surface area contributed by atoms with Gasteiger partial charge in [0.15, 0.2) is 0 Å². The predicted octanol–water partition coefficient (Wildman–Crippen LogP) is 2.17. The molecule has 2 rings (SSSR count). The molecule has 0 unspecified atom stereocenters. The van der Waals surface area contributed by atoms with Crippen molar-refractivity contribution in [2.45, 2.75) is 26.2 Å². The highest BCUT2D eigenvalue weighted by molar-refractivity contribution is 5.59. The number of rotatable bonds is 1. The van der Waals surface area contributed by atoms with Crippen molar-refractivity contribution in [3.05, 3.63) is 30.6 Å². The van der Waals surface area contributed by atoms with E-state index in [0.717, 1.165) is 17.0 Å². The minimum atomic E-state index is -0.00648. The Morgan fingerprint density at radius 3 is 2.06 bits per heavy atom. The summed E-state index contributed by atoms with van der Waals surface area (Å²) in [5.74, 6) is 0.861. The molecule has 0 fully saturated rings. The molecular weight excluding hydrogens is 200 g/mol. The van der Waals surface area contributed by atoms with Gasteiger partial charge in [-0.25, -0.2) is 9.97 Å². The average molecular weight is 216 g/mol. The summed E-state index contributed by atoms with van der Waals surface area (Å²) in [6.45, 7) is 6.31. The zero-order chi connectivity index (χ0) is 11.8. The van der Waals surface area contributed by atoms with E-state index in [0.29, 0.717) is 0 Å². The molecule has 0 saturated carbocycles. The molecule has 0 aliphatic rings. The van der Waals surface area contributed by atoms with E-state index in [9.17, 15) is 0 Å². The zero-order valence-corrected chi connectivity index (χ0v) is 10.1. The summed E-state index contributed by atoms with van der Waals surface area (Å²) in [5.41, 5.74) is 2.04. The van der Waals surface area contributed by atoms with Gasteiger partial charge in [-0.05, 0) is 0 Å². The Morgan fingerprint density at radius 2 is 1.62 bits per heavy atom. The van der Waals surface area contributed by atoms with Crippen molar-refractivity contribution in [3.63, 3.8) is 0 Å². The minimum absolute atomic E-state index is 0.00648. The molecule has 4 nitrogen and oxygen atoms in total. The molecule has 0 aromatic carbocycles. The maximum absolute atomic E-state index is 4.39. The van der Waals surface area contributed by atoms with Crippen molar-refractivity contribution < 1.29 is 0 Å². The Hall–Kier alpha value is -1.71. The Bertz CT molecular complexity index is 476. The highest BCUT2D eigenvalue weighted by Gasteiger charge is 2.16. The third-order valence-corrected chi connectivity index (χ3v) is 2.36. The average Bonchev–Trinajstić information content (AvgIpc) is 2.64. The number of hydrogen-bond donors (Lipinski definition) is 0. The summed E-state index contributed by atoms with van der Waals surface area (Å²) >= 11 is 0. The summed E-state index contributed by atoms with van der Waals surface area (Å²) in [7, 11) is 1.90. The van der Waals surface area contributed by atoms with E-state index in [1.165, 1.54) is 0 Å². The van der Waals surface area contributed by atoms with Crippen molar-refractivity contribution in [1.29, 1.82) is 0 Å². The first kappa shape index (κ1) is 10.8. The van der Waals surface area contributed by atoms with Gasteiger partial charge in [-0.1, -0.05) is 20.8 Å². The van der Waals surface area contributed by atoms with Gasteiger partial charge in [-0.15, -0.1) is 0 Å². The number of aryl methyl sites for hydroxylation is 1. The number of aromatic nitrogens is 4. The van der Waals surface area contributed by atoms with Gasteiger partial charge in [0, 0.05) is 42.2 Å². The third kappa shape index (κ3) is 2.10. The summed E-state index contributed by atoms with van der Waals surface area (Å²) in [6, 6.07) is 0. The fourth-order valence-electron chi connectivity index (χ4n) is 1.43. The molecule has 2 aromatic heterocycles. The highest BCUT2D eigenvalue weighted by atomic mass is 15.2. The standard InChI is InChI=1S/C12H16N4/c1-12(2,3)11-13-5-9(6-14-11)10-7-15-16(4)8-10/h5-8H,1-4H3. The molecule has 2 aromatic rings. The quantitative estimate of drug-likeness (QED) is 0.733. The van der Waals surface area contributed by atoms with Gasteiger partial charge in [0.05, 0.1) is 6.20 Å². The maximum Gasteiger partial charge on any atom is 0.133 e. The lowest BCUT2D eigenvalue weighted by Crippen LogP contribution is -2.15. The summed E-state index contributed by atoms with van der Waals surface area (Å²) in [6.07, 6.45) is 7.47. The van der Waals surface area contributed by atoms with Crippen molar-refractivity contribution in [2.75, 3.05) is 0 Å². The van der Waals surface area contributed by atoms with Gasteiger partial charge >= 0.3 is 0 Å². The van der Waals surface area contributed by atoms with Crippen LogP contribution in [0.1, 0.15) is 26.6 Å². The van der Waals surface area contributed by atoms with E-state index in [-0.39, 0.29) is 5.41 Å². The van der Waals surface area contributed by atoms with Crippen LogP contribution >= 0.6 is 0 Å². The first-order valence-corrected chi connectivity index (χ1v) is 5.28. The first-order chi connectivity index (χ1) is 7.47. The van der Waals surface area contributed by atoms with Crippen LogP contribution in [0.3, 0.4) is 0 Å². The van der Waals surface area contributed by atoms with Crippen LogP contribution in [0.15, 0.2) is 24.8 Å². The van der Waals surface area contributed by atoms with Gasteiger partial charge in [0.2, 0.25) is 0 Å². The molecule has 4 heteroatoms. The van der Waals surface area contributed by atoms with Gasteiger partial charge < -0.3 is 0 Å². The fourth-order valence-corrected chi connectivity index (χ4v) is 1.43. The Balaban J connectivity index is 2.33. The van der Waals surface area contributed by atoms with E-state index in [1.54, 1.807) is 4.68 Å². The Labute approximate surface area is 95.4 Å². The van der Waals surface area contributed by atoms with Crippen LogP contribution in [0.5, 0.6) is 0 Å². The second kappa shape index (κ2) is 3.70. The lowest BCUT2D eigenvalue weighted by atomic mass is 9.95. The van der Waals surface area contributed by atoms with Gasteiger partial charge in [-0.2, -0.15) is 5.10 Å². The Morgan fingerprint density at radius 1 is 1.00 bits per heavy atom. The molecule has 84 valence electrons. The molecule has 16 heavy (non-hydrogen) atoms. The molecule has 0 saturated heterocycles. The summed E-state index contributed by atoms with van der Waals surface area (Å²) in [5, 5.41) is 4.13. The lowest BCUT2D eigenvalue weighted by Gasteiger charge is -2.15. The number of hydrogen-bond acceptors (Lipinski definition) is 3. The van der Waals surface area contributed by atoms with E-state index in [2.05, 4.69) is 35.8 Å². The Kier molecular flexibility index (Phi) is 2.50. The van der Waals surface area contributed by atoms with Crippen LogP contribution in [-0.4, -0.2) is 19.7 Å². The van der Waals surface area contributed by atoms with Crippen LogP contribution < -0.4 is 0 Å². The number of nitrogens with zero attached hydrogens (tertiary/aromatic N) is 4. The zero-order valence-electron chi connectivity index (χ0n) is 10.1. The minimum Gasteiger partial charge on any atom is -0.275 e. The van der Waals surface area contributed by atoms with Crippen LogP contribution in [-0.2, 0) is 12.5 Å². The van der Waals surface area contributed by atoms with Crippen LogP contribution in [0.4, 0.5) is 0 Å². The van der Waals surface area contributed by atoms with Crippen molar-refractivity contribution in [3.8, 4) is 11.1 Å². The monoisotopic (exact) mass is 216 g/mol. The second-order valence-electron chi connectivity index (χ2n) is 4.95. The van der Waals surface area contributed by atoms with Gasteiger partial charge in [0.1, 0.15) is 5.82 Å². The van der Waals surface area contributed by atoms with Crippen molar-refractivity contribution >= 4 is 0 Å². The van der Waals surface area contributed by atoms with E-state index < -0.39 is 0 Å². The first-order valence-electron chi connectivity index (χ1n) is 5.28. The predicted molar refractivity (Wildman–Crippen MR) is 62.9 cm³/mol. The molecule has 0 aliphatic carbocycles. The molecule has 0 radical (unpaired) electrons. The topological polar surface area (TPSA) is 43.6 Å². The van der Waals surface area contributed by atoms with Crippen LogP contribution in [0.2, 0.25) is 0 Å². The normalized spacial score (nSPS) is 11.8. The smallest absolute Gasteiger partial charge is 0.133 e. The highest BCUT2D eigenvalue weighted by Crippen LogP contribution is 2.20. The second-order valence-corrected chi connectivity index (χ2v) is 4.95. The maximum atomic E-state index is 4.39. The molecule has 0 bridgehead atoms. The van der Waals surface area contributed by atoms with Gasteiger partial charge in [0.25, 0.3) is 0 Å². The molecule has 0 N–H and O–H groups in total. The molecular formula is C12H16N4. The third-order valence-electron chi connectivity index (χ3n) is 2.36. The van der Waals surface area contributed by atoms with E-state index in [4.69, 9.17) is 0 Å². The largest absolute Gasteiger partial charge is 0.275 e. The van der Waals surface area contributed by atoms with Crippen LogP contribution in [0, 0.1) is 0 Å². The SMILES string of the molecule is Cn1cc(-c2cnc(C(C)(C)C)nc2)cn1. The molecule has 2 heterocycles. The molecule has 0 amide bonds. The molecule has 0 spiro atoms. The van der Waals surface area contributed by atoms with Gasteiger partial charge in [-0.3, -0.25) is 4.68 Å². The van der Waals surface area contributed by atoms with Crippen LogP contribution in [0.25, 0.3) is 11.1 Å². The molecule has 0 atom stereocenters. The van der Waals surface area contributed by atoms with E-state index >= 15 is 0 Å². The lowest BCUT2D eigenvalue weighted by molar-refractivity contribution is 0.545. The fraction of sp³-hybridized carbons (Fsp3) is 0.417. The molecule has 0 aliphatic heterocycles. The van der Waals surface area contributed by atoms with E-state index in [1.807, 2.05) is 31.8 Å². The summed E-state index contributed by atoms with van der Waals surface area (Å²) < 4.78 is 1.77. The van der Waals surface area contributed by atoms with Crippen molar-refractivity contribution in [2.24, 2.45) is 7.05 Å². The van der Waals surface area contributed by atoms with Crippen molar-refractivity contribution in [1.82, 2.24) is 19.7 Å².